The van der Waals surface area contributed by atoms with Crippen LogP contribution >= 0.6 is 11.6 Å². The molecule has 0 bridgehead atoms. The highest BCUT2D eigenvalue weighted by atomic mass is 35.5. The van der Waals surface area contributed by atoms with Gasteiger partial charge in [-0.2, -0.15) is 0 Å². The third-order valence-electron chi connectivity index (χ3n) is 2.63. The van der Waals surface area contributed by atoms with Crippen LogP contribution in [-0.4, -0.2) is 23.5 Å². The van der Waals surface area contributed by atoms with E-state index in [1.54, 1.807) is 0 Å². The number of hydrogen-bond donors (Lipinski definition) is 2. The molecule has 0 saturated carbocycles. The van der Waals surface area contributed by atoms with Crippen LogP contribution in [-0.2, 0) is 0 Å². The number of nitrogens with zero attached hydrogens (tertiary/aromatic N) is 1. The lowest BCUT2D eigenvalue weighted by Crippen LogP contribution is -2.16. The molecule has 1 aromatic heterocycles. The zero-order valence-electron chi connectivity index (χ0n) is 9.14. The number of hydrogen-bond acceptors (Lipinski definition) is 6. The summed E-state index contributed by atoms with van der Waals surface area (Å²) < 4.78 is 15.7. The molecule has 0 spiro atoms. The summed E-state index contributed by atoms with van der Waals surface area (Å²) in [5, 5.41) is 13.8. The number of aromatic hydroxyl groups is 1. The van der Waals surface area contributed by atoms with Gasteiger partial charge >= 0.3 is 0 Å². The van der Waals surface area contributed by atoms with Gasteiger partial charge in [0.05, 0.1) is 22.3 Å². The Labute approximate surface area is 107 Å². The molecule has 0 saturated heterocycles. The molecule has 3 rings (SSSR count). The van der Waals surface area contributed by atoms with E-state index in [9.17, 15) is 5.11 Å². The maximum atomic E-state index is 10.1. The fourth-order valence-electron chi connectivity index (χ4n) is 1.83. The molecule has 1 aromatic carbocycles. The van der Waals surface area contributed by atoms with Crippen molar-refractivity contribution >= 4 is 17.5 Å². The molecule has 1 aliphatic rings. The van der Waals surface area contributed by atoms with Crippen LogP contribution in [0.3, 0.4) is 0 Å². The van der Waals surface area contributed by atoms with Crippen LogP contribution in [0.1, 0.15) is 0 Å². The number of phenolic OH excluding ortho intramolecular Hbond substituents is 1. The summed E-state index contributed by atoms with van der Waals surface area (Å²) in [6, 6.07) is 1.50. The molecular weight excluding hydrogens is 260 g/mol. The lowest BCUT2D eigenvalue weighted by Gasteiger charge is -2.22. The molecule has 0 fully saturated rings. The molecule has 0 atom stereocenters. The van der Waals surface area contributed by atoms with E-state index in [4.69, 9.17) is 31.3 Å². The largest absolute Gasteiger partial charge is 0.506 e. The van der Waals surface area contributed by atoms with Gasteiger partial charge in [0.25, 0.3) is 0 Å². The monoisotopic (exact) mass is 268 g/mol. The Kier molecular flexibility index (Phi) is 2.45. The van der Waals surface area contributed by atoms with Crippen molar-refractivity contribution in [2.45, 2.75) is 0 Å². The van der Waals surface area contributed by atoms with E-state index < -0.39 is 0 Å². The Balaban J connectivity index is 2.30. The molecule has 7 heteroatoms. The number of benzene rings is 1. The summed E-state index contributed by atoms with van der Waals surface area (Å²) in [4.78, 5) is 0. The Morgan fingerprint density at radius 2 is 2.11 bits per heavy atom. The molecule has 0 unspecified atom stereocenters. The number of nitrogen functional groups attached to an aromatic ring is 1. The zero-order valence-corrected chi connectivity index (χ0v) is 9.90. The lowest BCUT2D eigenvalue weighted by molar-refractivity contribution is 0.172. The minimum atomic E-state index is -0.143. The summed E-state index contributed by atoms with van der Waals surface area (Å²) in [5.41, 5.74) is 6.39. The van der Waals surface area contributed by atoms with Crippen LogP contribution < -0.4 is 15.2 Å². The first kappa shape index (κ1) is 11.0. The van der Waals surface area contributed by atoms with Crippen molar-refractivity contribution < 1.29 is 19.1 Å². The normalized spacial score (nSPS) is 13.6. The topological polar surface area (TPSA) is 90.7 Å². The summed E-state index contributed by atoms with van der Waals surface area (Å²) in [5.74, 6) is 0.775. The predicted molar refractivity (Wildman–Crippen MR) is 64.0 cm³/mol. The van der Waals surface area contributed by atoms with Gasteiger partial charge in [0.2, 0.25) is 5.88 Å². The number of rotatable bonds is 1. The first-order chi connectivity index (χ1) is 8.68. The maximum Gasteiger partial charge on any atom is 0.230 e. The molecule has 0 radical (unpaired) electrons. The van der Waals surface area contributed by atoms with E-state index >= 15 is 0 Å². The Morgan fingerprint density at radius 1 is 1.33 bits per heavy atom. The molecule has 0 aliphatic carbocycles. The average molecular weight is 269 g/mol. The van der Waals surface area contributed by atoms with Crippen LogP contribution in [0.4, 0.5) is 5.88 Å². The number of anilines is 1. The number of ether oxygens (including phenoxy) is 2. The van der Waals surface area contributed by atoms with Gasteiger partial charge in [-0.1, -0.05) is 16.8 Å². The summed E-state index contributed by atoms with van der Waals surface area (Å²) in [6.07, 6.45) is 1.39. The number of nitrogens with two attached hydrogens (primary N) is 1. The SMILES string of the molecule is Nc1oncc1-c1c(O)c(Cl)cc2c1OCCO2. The highest BCUT2D eigenvalue weighted by Crippen LogP contribution is 2.50. The molecule has 94 valence electrons. The Hall–Kier alpha value is -2.08. The lowest BCUT2D eigenvalue weighted by atomic mass is 10.1. The van der Waals surface area contributed by atoms with Crippen molar-refractivity contribution in [1.29, 1.82) is 0 Å². The van der Waals surface area contributed by atoms with Gasteiger partial charge < -0.3 is 24.8 Å². The van der Waals surface area contributed by atoms with Gasteiger partial charge in [-0.25, -0.2) is 0 Å². The first-order valence-electron chi connectivity index (χ1n) is 5.20. The number of aromatic nitrogens is 1. The van der Waals surface area contributed by atoms with Crippen molar-refractivity contribution in [2.24, 2.45) is 0 Å². The van der Waals surface area contributed by atoms with Gasteiger partial charge in [0, 0.05) is 6.07 Å². The van der Waals surface area contributed by atoms with Crippen LogP contribution in [0.5, 0.6) is 17.2 Å². The van der Waals surface area contributed by atoms with Crippen molar-refractivity contribution in [3.63, 3.8) is 0 Å². The Bertz CT molecular complexity index is 611. The van der Waals surface area contributed by atoms with Crippen molar-refractivity contribution in [3.8, 4) is 28.4 Å². The molecule has 18 heavy (non-hydrogen) atoms. The van der Waals surface area contributed by atoms with Crippen molar-refractivity contribution in [1.82, 2.24) is 5.16 Å². The molecule has 0 amide bonds. The predicted octanol–water partition coefficient (Wildman–Crippen LogP) is 2.05. The Morgan fingerprint density at radius 3 is 2.83 bits per heavy atom. The number of fused-ring (bicyclic) bond motifs is 1. The van der Waals surface area contributed by atoms with Gasteiger partial charge in [-0.05, 0) is 0 Å². The first-order valence-corrected chi connectivity index (χ1v) is 5.58. The molecule has 6 nitrogen and oxygen atoms in total. The van der Waals surface area contributed by atoms with E-state index in [-0.39, 0.29) is 16.7 Å². The zero-order chi connectivity index (χ0) is 12.7. The van der Waals surface area contributed by atoms with Crippen LogP contribution in [0, 0.1) is 0 Å². The van der Waals surface area contributed by atoms with E-state index in [1.165, 1.54) is 12.3 Å². The van der Waals surface area contributed by atoms with Gasteiger partial charge in [-0.15, -0.1) is 0 Å². The quantitative estimate of drug-likeness (QED) is 0.823. The molecular formula is C11H9ClN2O4. The third kappa shape index (κ3) is 1.53. The standard InChI is InChI=1S/C11H9ClN2O4/c12-6-3-7-10(17-2-1-16-7)8(9(6)15)5-4-14-18-11(5)13/h3-4,15H,1-2,13H2. The van der Waals surface area contributed by atoms with Gasteiger partial charge in [-0.3, -0.25) is 0 Å². The van der Waals surface area contributed by atoms with E-state index in [1.807, 2.05) is 0 Å². The molecule has 3 N–H and O–H groups in total. The second kappa shape index (κ2) is 3.99. The van der Waals surface area contributed by atoms with Gasteiger partial charge in [0.15, 0.2) is 11.5 Å². The second-order valence-electron chi connectivity index (χ2n) is 3.71. The summed E-state index contributed by atoms with van der Waals surface area (Å²) in [6.45, 7) is 0.804. The smallest absolute Gasteiger partial charge is 0.230 e. The third-order valence-corrected chi connectivity index (χ3v) is 2.91. The number of phenols is 1. The number of halogens is 1. The molecule has 2 aromatic rings. The summed E-state index contributed by atoms with van der Waals surface area (Å²) in [7, 11) is 0. The fourth-order valence-corrected chi connectivity index (χ4v) is 2.02. The van der Waals surface area contributed by atoms with E-state index in [2.05, 4.69) is 5.16 Å². The average Bonchev–Trinajstić information content (AvgIpc) is 2.77. The van der Waals surface area contributed by atoms with Crippen LogP contribution in [0.15, 0.2) is 16.8 Å². The van der Waals surface area contributed by atoms with Crippen LogP contribution in [0.25, 0.3) is 11.1 Å². The highest BCUT2D eigenvalue weighted by molar-refractivity contribution is 6.33. The minimum Gasteiger partial charge on any atom is -0.506 e. The second-order valence-corrected chi connectivity index (χ2v) is 4.12. The summed E-state index contributed by atoms with van der Waals surface area (Å²) >= 11 is 5.94. The molecule has 2 heterocycles. The molecule has 1 aliphatic heterocycles. The van der Waals surface area contributed by atoms with Crippen molar-refractivity contribution in [3.05, 3.63) is 17.3 Å². The van der Waals surface area contributed by atoms with Gasteiger partial charge in [0.1, 0.15) is 19.0 Å². The fraction of sp³-hybridized carbons (Fsp3) is 0.182. The van der Waals surface area contributed by atoms with Crippen LogP contribution in [0.2, 0.25) is 5.02 Å². The minimum absolute atomic E-state index is 0.0731. The highest BCUT2D eigenvalue weighted by Gasteiger charge is 2.26. The van der Waals surface area contributed by atoms with E-state index in [0.29, 0.717) is 35.8 Å². The van der Waals surface area contributed by atoms with E-state index in [0.717, 1.165) is 0 Å². The van der Waals surface area contributed by atoms with Crippen molar-refractivity contribution in [2.75, 3.05) is 18.9 Å². The maximum absolute atomic E-state index is 10.1.